The van der Waals surface area contributed by atoms with Crippen LogP contribution in [0.4, 0.5) is 13.2 Å². The summed E-state index contributed by atoms with van der Waals surface area (Å²) in [4.78, 5) is 29.3. The largest absolute Gasteiger partial charge is 0.497 e. The van der Waals surface area contributed by atoms with Crippen LogP contribution >= 0.6 is 0 Å². The summed E-state index contributed by atoms with van der Waals surface area (Å²) in [6.45, 7) is 2.85. The number of amides is 2. The second-order valence-corrected chi connectivity index (χ2v) is 10.5. The molecule has 3 aliphatic heterocycles. The van der Waals surface area contributed by atoms with Crippen molar-refractivity contribution in [3.63, 3.8) is 0 Å². The van der Waals surface area contributed by atoms with Crippen LogP contribution in [0, 0.1) is 5.92 Å². The van der Waals surface area contributed by atoms with Gasteiger partial charge in [0.1, 0.15) is 11.8 Å². The number of ether oxygens (including phenoxy) is 1. The molecule has 0 unspecified atom stereocenters. The van der Waals surface area contributed by atoms with Crippen molar-refractivity contribution in [3.05, 3.63) is 65.2 Å². The fraction of sp³-hybridized carbons (Fsp3) is 0.500. The highest BCUT2D eigenvalue weighted by Crippen LogP contribution is 2.48. The Hall–Kier alpha value is -3.07. The highest BCUT2D eigenvalue weighted by atomic mass is 19.4. The SMILES string of the molecule is COc1ccc(C2(C(=O)N[C@@H](Cc3ccc(C(F)(F)F)cc3)C(=O)N[C@@H]3C[N@]4CC[C@H]3CC4)CC2)cc1. The molecule has 0 spiro atoms. The van der Waals surface area contributed by atoms with E-state index in [1.54, 1.807) is 7.11 Å². The summed E-state index contributed by atoms with van der Waals surface area (Å²) < 4.78 is 44.3. The maximum atomic E-state index is 13.5. The fourth-order valence-corrected chi connectivity index (χ4v) is 5.66. The van der Waals surface area contributed by atoms with Crippen molar-refractivity contribution in [1.82, 2.24) is 15.5 Å². The van der Waals surface area contributed by atoms with E-state index in [1.165, 1.54) is 12.1 Å². The molecule has 2 bridgehead atoms. The van der Waals surface area contributed by atoms with Crippen LogP contribution in [0.15, 0.2) is 48.5 Å². The molecule has 3 heterocycles. The Morgan fingerprint density at radius 3 is 2.22 bits per heavy atom. The number of carbonyl (C=O) groups is 2. The van der Waals surface area contributed by atoms with Gasteiger partial charge in [0.15, 0.2) is 0 Å². The normalized spacial score (nSPS) is 24.7. The topological polar surface area (TPSA) is 70.7 Å². The first-order chi connectivity index (χ1) is 17.7. The van der Waals surface area contributed by atoms with Gasteiger partial charge < -0.3 is 20.3 Å². The zero-order valence-electron chi connectivity index (χ0n) is 20.8. The second-order valence-electron chi connectivity index (χ2n) is 10.5. The first-order valence-corrected chi connectivity index (χ1v) is 12.8. The molecule has 1 aliphatic carbocycles. The molecule has 9 heteroatoms. The molecule has 1 saturated carbocycles. The predicted octanol–water partition coefficient (Wildman–Crippen LogP) is 3.68. The number of halogens is 3. The summed E-state index contributed by atoms with van der Waals surface area (Å²) in [7, 11) is 1.58. The van der Waals surface area contributed by atoms with Crippen LogP contribution in [0.1, 0.15) is 42.4 Å². The second kappa shape index (κ2) is 10.0. The lowest BCUT2D eigenvalue weighted by molar-refractivity contribution is -0.137. The number of alkyl halides is 3. The molecule has 198 valence electrons. The molecule has 37 heavy (non-hydrogen) atoms. The van der Waals surface area contributed by atoms with E-state index in [-0.39, 0.29) is 24.3 Å². The Kier molecular flexibility index (Phi) is 6.91. The van der Waals surface area contributed by atoms with E-state index in [0.29, 0.717) is 30.1 Å². The van der Waals surface area contributed by atoms with Crippen molar-refractivity contribution < 1.29 is 27.5 Å². The van der Waals surface area contributed by atoms with Crippen LogP contribution in [0.25, 0.3) is 0 Å². The Labute approximate surface area is 214 Å². The molecule has 4 aliphatic rings. The third kappa shape index (κ3) is 5.46. The average Bonchev–Trinajstić information content (AvgIpc) is 3.71. The summed E-state index contributed by atoms with van der Waals surface area (Å²) in [6, 6.07) is 11.2. The van der Waals surface area contributed by atoms with Crippen molar-refractivity contribution in [2.45, 2.75) is 55.8 Å². The number of methoxy groups -OCH3 is 1. The predicted molar refractivity (Wildman–Crippen MR) is 132 cm³/mol. The smallest absolute Gasteiger partial charge is 0.416 e. The summed E-state index contributed by atoms with van der Waals surface area (Å²) in [6.07, 6.45) is -0.937. The lowest BCUT2D eigenvalue weighted by atomic mass is 9.84. The number of nitrogens with one attached hydrogen (secondary N) is 2. The van der Waals surface area contributed by atoms with Gasteiger partial charge in [-0.15, -0.1) is 0 Å². The van der Waals surface area contributed by atoms with Gasteiger partial charge in [-0.05, 0) is 80.1 Å². The molecule has 2 N–H and O–H groups in total. The number of piperidine rings is 3. The van der Waals surface area contributed by atoms with Crippen LogP contribution in [0.5, 0.6) is 5.75 Å². The van der Waals surface area contributed by atoms with Crippen molar-refractivity contribution in [1.29, 1.82) is 0 Å². The van der Waals surface area contributed by atoms with Gasteiger partial charge >= 0.3 is 6.18 Å². The molecular weight excluding hydrogens is 483 g/mol. The lowest BCUT2D eigenvalue weighted by Gasteiger charge is -2.45. The van der Waals surface area contributed by atoms with Crippen molar-refractivity contribution in [3.8, 4) is 5.75 Å². The van der Waals surface area contributed by atoms with Crippen LogP contribution in [-0.2, 0) is 27.6 Å². The van der Waals surface area contributed by atoms with Gasteiger partial charge in [-0.3, -0.25) is 9.59 Å². The van der Waals surface area contributed by atoms with E-state index >= 15 is 0 Å². The highest BCUT2D eigenvalue weighted by Gasteiger charge is 2.52. The van der Waals surface area contributed by atoms with Crippen molar-refractivity contribution in [2.24, 2.45) is 5.92 Å². The molecule has 6 nitrogen and oxygen atoms in total. The summed E-state index contributed by atoms with van der Waals surface area (Å²) in [5, 5.41) is 6.10. The number of hydrogen-bond acceptors (Lipinski definition) is 4. The van der Waals surface area contributed by atoms with E-state index in [9.17, 15) is 22.8 Å². The Balaban J connectivity index is 1.33. The Morgan fingerprint density at radius 2 is 1.70 bits per heavy atom. The van der Waals surface area contributed by atoms with Gasteiger partial charge in [0, 0.05) is 19.0 Å². The minimum absolute atomic E-state index is 0.0125. The van der Waals surface area contributed by atoms with E-state index in [1.807, 2.05) is 24.3 Å². The lowest BCUT2D eigenvalue weighted by Crippen LogP contribution is -2.60. The van der Waals surface area contributed by atoms with Crippen LogP contribution in [0.3, 0.4) is 0 Å². The number of nitrogens with zero attached hydrogens (tertiary/aromatic N) is 1. The van der Waals surface area contributed by atoms with Crippen molar-refractivity contribution >= 4 is 11.8 Å². The first kappa shape index (κ1) is 25.6. The molecule has 2 amide bonds. The third-order valence-corrected chi connectivity index (χ3v) is 8.15. The monoisotopic (exact) mass is 515 g/mol. The fourth-order valence-electron chi connectivity index (χ4n) is 5.66. The van der Waals surface area contributed by atoms with Gasteiger partial charge in [0.2, 0.25) is 11.8 Å². The van der Waals surface area contributed by atoms with E-state index in [2.05, 4.69) is 15.5 Å². The zero-order valence-corrected chi connectivity index (χ0v) is 20.8. The Bertz CT molecular complexity index is 1120. The van der Waals surface area contributed by atoms with E-state index in [4.69, 9.17) is 4.74 Å². The van der Waals surface area contributed by atoms with Crippen LogP contribution < -0.4 is 15.4 Å². The maximum Gasteiger partial charge on any atom is 0.416 e. The standard InChI is InChI=1S/C28H32F3N3O3/c1-37-22-8-6-20(7-9-22)27(12-13-27)26(36)33-23(16-18-2-4-21(5-3-18)28(29,30)31)25(35)32-24-17-34-14-10-19(24)11-15-34/h2-9,19,23-24H,10-17H2,1H3,(H,32,35)(H,33,36)/t23-,24+/m0/s1. The number of hydrogen-bond donors (Lipinski definition) is 2. The average molecular weight is 516 g/mol. The minimum Gasteiger partial charge on any atom is -0.497 e. The third-order valence-electron chi connectivity index (χ3n) is 8.15. The van der Waals surface area contributed by atoms with Crippen molar-refractivity contribution in [2.75, 3.05) is 26.7 Å². The van der Waals surface area contributed by atoms with Gasteiger partial charge in [-0.25, -0.2) is 0 Å². The molecule has 3 saturated heterocycles. The Morgan fingerprint density at radius 1 is 1.05 bits per heavy atom. The maximum absolute atomic E-state index is 13.5. The number of rotatable bonds is 8. The first-order valence-electron chi connectivity index (χ1n) is 12.8. The van der Waals surface area contributed by atoms with E-state index < -0.39 is 23.2 Å². The number of carbonyl (C=O) groups excluding carboxylic acids is 2. The quantitative estimate of drug-likeness (QED) is 0.563. The summed E-state index contributed by atoms with van der Waals surface area (Å²) in [5.74, 6) is 0.568. The number of benzene rings is 2. The molecule has 4 fully saturated rings. The molecular formula is C28H32F3N3O3. The highest BCUT2D eigenvalue weighted by molar-refractivity contribution is 5.95. The molecule has 2 atom stereocenters. The van der Waals surface area contributed by atoms with Crippen LogP contribution in [-0.4, -0.2) is 55.5 Å². The number of fused-ring (bicyclic) bond motifs is 3. The van der Waals surface area contributed by atoms with Crippen LogP contribution in [0.2, 0.25) is 0 Å². The van der Waals surface area contributed by atoms with Gasteiger partial charge in [-0.1, -0.05) is 24.3 Å². The van der Waals surface area contributed by atoms with E-state index in [0.717, 1.165) is 50.2 Å². The molecule has 0 aromatic heterocycles. The summed E-state index contributed by atoms with van der Waals surface area (Å²) >= 11 is 0. The van der Waals surface area contributed by atoms with Gasteiger partial charge in [0.05, 0.1) is 18.1 Å². The summed E-state index contributed by atoms with van der Waals surface area (Å²) in [5.41, 5.74) is -0.0425. The minimum atomic E-state index is -4.43. The molecule has 6 rings (SSSR count). The van der Waals surface area contributed by atoms with Gasteiger partial charge in [-0.2, -0.15) is 13.2 Å². The molecule has 2 aromatic rings. The van der Waals surface area contributed by atoms with Gasteiger partial charge in [0.25, 0.3) is 0 Å². The molecule has 0 radical (unpaired) electrons. The molecule has 2 aromatic carbocycles. The zero-order chi connectivity index (χ0) is 26.2.